The van der Waals surface area contributed by atoms with Gasteiger partial charge in [-0.25, -0.2) is 0 Å². The van der Waals surface area contributed by atoms with Crippen LogP contribution in [-0.2, 0) is 30.5 Å². The number of carbonyl (C=O) groups is 1. The third kappa shape index (κ3) is 6.69. The molecule has 0 aliphatic carbocycles. The summed E-state index contributed by atoms with van der Waals surface area (Å²) in [5.74, 6) is -0.381. The number of allylic oxidation sites excluding steroid dienone is 1. The lowest BCUT2D eigenvalue weighted by Gasteiger charge is -2.49. The molecular weight excluding hydrogens is 510 g/mol. The third-order valence-electron chi connectivity index (χ3n) is 9.05. The smallest absolute Gasteiger partial charge is 0.230 e. The zero-order chi connectivity index (χ0) is 29.6. The van der Waals surface area contributed by atoms with Crippen molar-refractivity contribution >= 4 is 5.91 Å². The Morgan fingerprint density at radius 3 is 2.17 bits per heavy atom. The molecule has 2 aliphatic rings. The van der Waals surface area contributed by atoms with Gasteiger partial charge in [-0.05, 0) is 39.0 Å². The largest absolute Gasteiger partial charge is 0.347 e. The van der Waals surface area contributed by atoms with E-state index in [0.717, 1.165) is 36.8 Å². The van der Waals surface area contributed by atoms with Crippen LogP contribution < -0.4 is 0 Å². The van der Waals surface area contributed by atoms with Gasteiger partial charge in [0.25, 0.3) is 0 Å². The lowest BCUT2D eigenvalue weighted by atomic mass is 9.84. The molecule has 5 nitrogen and oxygen atoms in total. The lowest BCUT2D eigenvalue weighted by Crippen LogP contribution is -2.59. The highest BCUT2D eigenvalue weighted by Gasteiger charge is 2.48. The molecule has 0 radical (unpaired) electrons. The minimum atomic E-state index is -0.815. The van der Waals surface area contributed by atoms with Crippen LogP contribution in [0.3, 0.4) is 0 Å². The van der Waals surface area contributed by atoms with Crippen molar-refractivity contribution in [1.29, 1.82) is 0 Å². The standard InChI is InChI=1S/C36H49NO4/c1-8-18-31-27(4)33(41-36(7,40-31)30-23-14-11-15-24-30)26(3)20-16-17-25-37-34(38)28(5)32(19-9-2)39-35(37,6)29-21-12-10-13-22-29/h8,10-17,21-24,26-28,31-33H,1,9,18-20,25H2,2-7H3/b17-16-/t26-,27-,28-,31+,32+,33-,35?,36+/m1/s1. The Kier molecular flexibility index (Phi) is 10.3. The number of ether oxygens (including phenoxy) is 3. The summed E-state index contributed by atoms with van der Waals surface area (Å²) < 4.78 is 20.0. The van der Waals surface area contributed by atoms with Crippen LogP contribution in [0.5, 0.6) is 0 Å². The van der Waals surface area contributed by atoms with Crippen molar-refractivity contribution in [2.24, 2.45) is 17.8 Å². The number of benzene rings is 2. The molecule has 5 heteroatoms. The van der Waals surface area contributed by atoms with Crippen LogP contribution in [0.2, 0.25) is 0 Å². The highest BCUT2D eigenvalue weighted by atomic mass is 16.7. The Labute approximate surface area is 247 Å². The summed E-state index contributed by atoms with van der Waals surface area (Å²) in [6.07, 6.45) is 9.65. The van der Waals surface area contributed by atoms with Crippen molar-refractivity contribution in [2.75, 3.05) is 6.54 Å². The summed E-state index contributed by atoms with van der Waals surface area (Å²) in [5.41, 5.74) is 1.21. The fourth-order valence-corrected chi connectivity index (χ4v) is 6.47. The zero-order valence-corrected chi connectivity index (χ0v) is 25.8. The van der Waals surface area contributed by atoms with Gasteiger partial charge in [0.15, 0.2) is 11.5 Å². The maximum Gasteiger partial charge on any atom is 0.230 e. The minimum absolute atomic E-state index is 0.00733. The van der Waals surface area contributed by atoms with E-state index in [0.29, 0.717) is 6.54 Å². The molecule has 0 N–H and O–H groups in total. The summed E-state index contributed by atoms with van der Waals surface area (Å²) in [6.45, 7) is 17.1. The van der Waals surface area contributed by atoms with Crippen molar-refractivity contribution in [2.45, 2.75) is 97.0 Å². The van der Waals surface area contributed by atoms with E-state index < -0.39 is 11.5 Å². The molecule has 1 unspecified atom stereocenters. The molecule has 8 atom stereocenters. The second kappa shape index (κ2) is 13.5. The second-order valence-electron chi connectivity index (χ2n) is 12.1. The van der Waals surface area contributed by atoms with E-state index in [-0.39, 0.29) is 42.0 Å². The Morgan fingerprint density at radius 2 is 1.56 bits per heavy atom. The number of carbonyl (C=O) groups excluding carboxylic acids is 1. The number of hydrogen-bond acceptors (Lipinski definition) is 4. The Hall–Kier alpha value is -2.73. The molecule has 4 rings (SSSR count). The van der Waals surface area contributed by atoms with Gasteiger partial charge in [-0.15, -0.1) is 6.58 Å². The van der Waals surface area contributed by atoms with Crippen LogP contribution >= 0.6 is 0 Å². The first-order valence-electron chi connectivity index (χ1n) is 15.4. The SMILES string of the molecule is C=CC[C@@H]1O[C@](C)(c2ccccc2)O[C@H]([C@H](C)C/C=C\CN2C(=O)[C@H](C)[C@H](CCC)OC2(C)c2ccccc2)[C@@H]1C. The van der Waals surface area contributed by atoms with Crippen molar-refractivity contribution in [3.05, 3.63) is 96.6 Å². The summed E-state index contributed by atoms with van der Waals surface area (Å²) in [4.78, 5) is 15.6. The van der Waals surface area contributed by atoms with Crippen molar-refractivity contribution in [1.82, 2.24) is 4.90 Å². The molecule has 2 heterocycles. The number of rotatable bonds is 11. The molecule has 2 fully saturated rings. The van der Waals surface area contributed by atoms with Crippen LogP contribution in [-0.4, -0.2) is 35.7 Å². The van der Waals surface area contributed by atoms with Gasteiger partial charge in [-0.3, -0.25) is 4.79 Å². The molecule has 2 aromatic rings. The number of nitrogens with zero attached hydrogens (tertiary/aromatic N) is 1. The maximum atomic E-state index is 13.7. The molecule has 0 spiro atoms. The monoisotopic (exact) mass is 559 g/mol. The first-order chi connectivity index (χ1) is 19.6. The van der Waals surface area contributed by atoms with E-state index in [2.05, 4.69) is 63.8 Å². The molecule has 222 valence electrons. The summed E-state index contributed by atoms with van der Waals surface area (Å²) >= 11 is 0. The van der Waals surface area contributed by atoms with Crippen molar-refractivity contribution in [3.63, 3.8) is 0 Å². The third-order valence-corrected chi connectivity index (χ3v) is 9.05. The molecule has 2 saturated heterocycles. The Morgan fingerprint density at radius 1 is 0.927 bits per heavy atom. The molecule has 2 aliphatic heterocycles. The predicted molar refractivity (Wildman–Crippen MR) is 165 cm³/mol. The van der Waals surface area contributed by atoms with Gasteiger partial charge in [0.05, 0.1) is 24.2 Å². The average molecular weight is 560 g/mol. The van der Waals surface area contributed by atoms with Crippen LogP contribution in [0, 0.1) is 17.8 Å². The first-order valence-corrected chi connectivity index (χ1v) is 15.4. The van der Waals surface area contributed by atoms with Crippen LogP contribution in [0.15, 0.2) is 85.5 Å². The topological polar surface area (TPSA) is 48.0 Å². The van der Waals surface area contributed by atoms with Gasteiger partial charge < -0.3 is 19.1 Å². The molecule has 0 saturated carbocycles. The summed E-state index contributed by atoms with van der Waals surface area (Å²) in [5, 5.41) is 0. The van der Waals surface area contributed by atoms with Gasteiger partial charge in [-0.1, -0.05) is 113 Å². The van der Waals surface area contributed by atoms with Crippen molar-refractivity contribution < 1.29 is 19.0 Å². The van der Waals surface area contributed by atoms with Crippen LogP contribution in [0.1, 0.15) is 78.4 Å². The highest BCUT2D eigenvalue weighted by molar-refractivity contribution is 5.81. The van der Waals surface area contributed by atoms with E-state index in [4.69, 9.17) is 14.2 Å². The fraction of sp³-hybridized carbons (Fsp3) is 0.528. The number of hydrogen-bond donors (Lipinski definition) is 0. The van der Waals surface area contributed by atoms with E-state index in [9.17, 15) is 4.79 Å². The van der Waals surface area contributed by atoms with E-state index in [1.807, 2.05) is 68.1 Å². The Balaban J connectivity index is 1.49. The predicted octanol–water partition coefficient (Wildman–Crippen LogP) is 7.97. The Bertz CT molecular complexity index is 1170. The molecule has 2 aromatic carbocycles. The maximum absolute atomic E-state index is 13.7. The lowest BCUT2D eigenvalue weighted by molar-refractivity contribution is -0.343. The molecule has 1 amide bonds. The zero-order valence-electron chi connectivity index (χ0n) is 25.8. The molecule has 0 bridgehead atoms. The highest BCUT2D eigenvalue weighted by Crippen LogP contribution is 2.43. The van der Waals surface area contributed by atoms with E-state index in [1.165, 1.54) is 0 Å². The van der Waals surface area contributed by atoms with Gasteiger partial charge in [0.1, 0.15) is 0 Å². The van der Waals surface area contributed by atoms with Gasteiger partial charge in [0.2, 0.25) is 5.91 Å². The fourth-order valence-electron chi connectivity index (χ4n) is 6.47. The van der Waals surface area contributed by atoms with Crippen molar-refractivity contribution in [3.8, 4) is 0 Å². The number of amides is 1. The normalized spacial score (nSPS) is 33.2. The molecule has 0 aromatic heterocycles. The average Bonchev–Trinajstić information content (AvgIpc) is 2.98. The minimum Gasteiger partial charge on any atom is -0.347 e. The molecule has 41 heavy (non-hydrogen) atoms. The van der Waals surface area contributed by atoms with Gasteiger partial charge in [-0.2, -0.15) is 0 Å². The first kappa shape index (κ1) is 31.2. The summed E-state index contributed by atoms with van der Waals surface area (Å²) in [6, 6.07) is 20.3. The summed E-state index contributed by atoms with van der Waals surface area (Å²) in [7, 11) is 0. The molecular formula is C36H49NO4. The van der Waals surface area contributed by atoms with E-state index >= 15 is 0 Å². The van der Waals surface area contributed by atoms with Crippen LogP contribution in [0.25, 0.3) is 0 Å². The quantitative estimate of drug-likeness (QED) is 0.262. The van der Waals surface area contributed by atoms with E-state index in [1.54, 1.807) is 0 Å². The van der Waals surface area contributed by atoms with Gasteiger partial charge >= 0.3 is 0 Å². The second-order valence-corrected chi connectivity index (χ2v) is 12.1. The van der Waals surface area contributed by atoms with Crippen LogP contribution in [0.4, 0.5) is 0 Å². The van der Waals surface area contributed by atoms with Gasteiger partial charge in [0, 0.05) is 23.6 Å².